The zero-order valence-electron chi connectivity index (χ0n) is 6.94. The predicted molar refractivity (Wildman–Crippen MR) is 46.4 cm³/mol. The smallest absolute Gasteiger partial charge is 0.0364 e. The van der Waals surface area contributed by atoms with Crippen LogP contribution in [0.25, 0.3) is 0 Å². The number of alkyl halides is 1. The van der Waals surface area contributed by atoms with Crippen molar-refractivity contribution in [2.75, 3.05) is 0 Å². The Bertz CT molecular complexity index is 96.9. The van der Waals surface area contributed by atoms with E-state index in [1.807, 2.05) is 0 Å². The van der Waals surface area contributed by atoms with E-state index in [1.165, 1.54) is 25.7 Å². The first-order valence-electron chi connectivity index (χ1n) is 4.38. The van der Waals surface area contributed by atoms with E-state index in [9.17, 15) is 0 Å². The van der Waals surface area contributed by atoms with Crippen LogP contribution >= 0.6 is 11.6 Å². The summed E-state index contributed by atoms with van der Waals surface area (Å²) in [5.41, 5.74) is 0. The summed E-state index contributed by atoms with van der Waals surface area (Å²) in [7, 11) is 0. The molecule has 0 aromatic rings. The minimum Gasteiger partial charge on any atom is -0.123 e. The number of hydrogen-bond donors (Lipinski definition) is 0. The lowest BCUT2D eigenvalue weighted by Gasteiger charge is -2.14. The van der Waals surface area contributed by atoms with Crippen molar-refractivity contribution in [3.8, 4) is 0 Å². The second kappa shape index (κ2) is 3.61. The van der Waals surface area contributed by atoms with Crippen molar-refractivity contribution in [1.29, 1.82) is 0 Å². The number of hydrogen-bond acceptors (Lipinski definition) is 0. The molecule has 1 aliphatic carbocycles. The largest absolute Gasteiger partial charge is 0.123 e. The van der Waals surface area contributed by atoms with Gasteiger partial charge in [0.15, 0.2) is 0 Å². The first-order valence-corrected chi connectivity index (χ1v) is 4.81. The van der Waals surface area contributed by atoms with Gasteiger partial charge in [-0.2, -0.15) is 0 Å². The Labute approximate surface area is 69.0 Å². The van der Waals surface area contributed by atoms with E-state index in [2.05, 4.69) is 13.8 Å². The second-order valence-corrected chi connectivity index (χ2v) is 4.14. The van der Waals surface area contributed by atoms with Crippen LogP contribution in [0.3, 0.4) is 0 Å². The van der Waals surface area contributed by atoms with Crippen LogP contribution in [0.4, 0.5) is 0 Å². The van der Waals surface area contributed by atoms with Gasteiger partial charge in [-0.05, 0) is 18.3 Å². The highest BCUT2D eigenvalue weighted by molar-refractivity contribution is 6.20. The lowest BCUT2D eigenvalue weighted by atomic mass is 10.0. The molecule has 0 heterocycles. The molecule has 0 saturated heterocycles. The van der Waals surface area contributed by atoms with Gasteiger partial charge in [-0.15, -0.1) is 11.6 Å². The average molecular weight is 161 g/mol. The van der Waals surface area contributed by atoms with Gasteiger partial charge in [-0.25, -0.2) is 0 Å². The van der Waals surface area contributed by atoms with E-state index in [0.29, 0.717) is 11.3 Å². The minimum atomic E-state index is 0.442. The van der Waals surface area contributed by atoms with Crippen molar-refractivity contribution in [2.24, 2.45) is 11.8 Å². The molecule has 0 aromatic heterocycles. The quantitative estimate of drug-likeness (QED) is 0.553. The second-order valence-electron chi connectivity index (χ2n) is 3.58. The Balaban J connectivity index is 2.11. The van der Waals surface area contributed by atoms with Crippen molar-refractivity contribution in [3.05, 3.63) is 0 Å². The van der Waals surface area contributed by atoms with Crippen LogP contribution < -0.4 is 0 Å². The monoisotopic (exact) mass is 160 g/mol. The Hall–Kier alpha value is 0.290. The first-order chi connectivity index (χ1) is 4.74. The van der Waals surface area contributed by atoms with E-state index >= 15 is 0 Å². The third kappa shape index (κ3) is 2.49. The summed E-state index contributed by atoms with van der Waals surface area (Å²) in [6, 6.07) is 0. The number of rotatable bonds is 4. The van der Waals surface area contributed by atoms with E-state index in [-0.39, 0.29) is 0 Å². The Kier molecular flexibility index (Phi) is 3.03. The third-order valence-corrected chi connectivity index (χ3v) is 3.13. The maximum atomic E-state index is 6.17. The van der Waals surface area contributed by atoms with Crippen LogP contribution in [-0.4, -0.2) is 5.38 Å². The standard InChI is InChI=1S/C9H17Cl/c1-3-7(2)9(10)6-8-4-5-8/h7-9H,3-6H2,1-2H3. The Morgan fingerprint density at radius 2 is 2.10 bits per heavy atom. The van der Waals surface area contributed by atoms with Gasteiger partial charge >= 0.3 is 0 Å². The fraction of sp³-hybridized carbons (Fsp3) is 1.00. The summed E-state index contributed by atoms with van der Waals surface area (Å²) in [6.07, 6.45) is 5.34. The van der Waals surface area contributed by atoms with Gasteiger partial charge in [0.1, 0.15) is 0 Å². The summed E-state index contributed by atoms with van der Waals surface area (Å²) < 4.78 is 0. The van der Waals surface area contributed by atoms with Crippen molar-refractivity contribution in [3.63, 3.8) is 0 Å². The van der Waals surface area contributed by atoms with Gasteiger partial charge in [-0.3, -0.25) is 0 Å². The topological polar surface area (TPSA) is 0 Å². The highest BCUT2D eigenvalue weighted by atomic mass is 35.5. The summed E-state index contributed by atoms with van der Waals surface area (Å²) >= 11 is 6.17. The van der Waals surface area contributed by atoms with Gasteiger partial charge in [-0.1, -0.05) is 33.1 Å². The molecule has 10 heavy (non-hydrogen) atoms. The number of halogens is 1. The fourth-order valence-corrected chi connectivity index (χ4v) is 1.59. The molecule has 0 radical (unpaired) electrons. The minimum absolute atomic E-state index is 0.442. The molecule has 60 valence electrons. The fourth-order valence-electron chi connectivity index (χ4n) is 1.16. The molecule has 2 unspecified atom stereocenters. The Morgan fingerprint density at radius 1 is 1.50 bits per heavy atom. The molecular weight excluding hydrogens is 144 g/mol. The van der Waals surface area contributed by atoms with Gasteiger partial charge in [0.2, 0.25) is 0 Å². The third-order valence-electron chi connectivity index (χ3n) is 2.52. The zero-order valence-corrected chi connectivity index (χ0v) is 7.69. The van der Waals surface area contributed by atoms with Crippen LogP contribution in [0.5, 0.6) is 0 Å². The van der Waals surface area contributed by atoms with Crippen molar-refractivity contribution in [1.82, 2.24) is 0 Å². The van der Waals surface area contributed by atoms with Crippen molar-refractivity contribution >= 4 is 11.6 Å². The van der Waals surface area contributed by atoms with Crippen molar-refractivity contribution in [2.45, 2.75) is 44.9 Å². The molecule has 0 bridgehead atoms. The van der Waals surface area contributed by atoms with Gasteiger partial charge in [0.05, 0.1) is 0 Å². The first kappa shape index (κ1) is 8.39. The van der Waals surface area contributed by atoms with Crippen LogP contribution in [0.2, 0.25) is 0 Å². The molecule has 1 fully saturated rings. The summed E-state index contributed by atoms with van der Waals surface area (Å²) in [5.74, 6) is 1.69. The van der Waals surface area contributed by atoms with E-state index < -0.39 is 0 Å². The molecular formula is C9H17Cl. The molecule has 1 aliphatic rings. The summed E-state index contributed by atoms with van der Waals surface area (Å²) in [4.78, 5) is 0. The molecule has 1 heteroatoms. The van der Waals surface area contributed by atoms with E-state index in [4.69, 9.17) is 11.6 Å². The van der Waals surface area contributed by atoms with Crippen LogP contribution in [0.15, 0.2) is 0 Å². The van der Waals surface area contributed by atoms with Gasteiger partial charge in [0, 0.05) is 5.38 Å². The molecule has 0 spiro atoms. The molecule has 0 aromatic carbocycles. The summed E-state index contributed by atoms with van der Waals surface area (Å²) in [5, 5.41) is 0.442. The normalized spacial score (nSPS) is 24.3. The van der Waals surface area contributed by atoms with Crippen molar-refractivity contribution < 1.29 is 0 Å². The predicted octanol–water partition coefficient (Wildman–Crippen LogP) is 3.44. The van der Waals surface area contributed by atoms with Crippen LogP contribution in [-0.2, 0) is 0 Å². The van der Waals surface area contributed by atoms with Gasteiger partial charge in [0.25, 0.3) is 0 Å². The maximum absolute atomic E-state index is 6.17. The zero-order chi connectivity index (χ0) is 7.56. The SMILES string of the molecule is CCC(C)C(Cl)CC1CC1. The molecule has 2 atom stereocenters. The molecule has 0 aliphatic heterocycles. The van der Waals surface area contributed by atoms with E-state index in [0.717, 1.165) is 5.92 Å². The lowest BCUT2D eigenvalue weighted by Crippen LogP contribution is -2.10. The maximum Gasteiger partial charge on any atom is 0.0364 e. The van der Waals surface area contributed by atoms with E-state index in [1.54, 1.807) is 0 Å². The molecule has 0 N–H and O–H groups in total. The molecule has 1 rings (SSSR count). The molecule has 0 amide bonds. The Morgan fingerprint density at radius 3 is 2.50 bits per heavy atom. The molecule has 1 saturated carbocycles. The summed E-state index contributed by atoms with van der Waals surface area (Å²) in [6.45, 7) is 4.47. The average Bonchev–Trinajstić information content (AvgIpc) is 2.70. The van der Waals surface area contributed by atoms with Crippen LogP contribution in [0, 0.1) is 11.8 Å². The van der Waals surface area contributed by atoms with Crippen LogP contribution in [0.1, 0.15) is 39.5 Å². The highest BCUT2D eigenvalue weighted by Gasteiger charge is 2.26. The molecule has 0 nitrogen and oxygen atoms in total. The van der Waals surface area contributed by atoms with Gasteiger partial charge < -0.3 is 0 Å². The lowest BCUT2D eigenvalue weighted by molar-refractivity contribution is 0.485. The highest BCUT2D eigenvalue weighted by Crippen LogP contribution is 2.36.